The van der Waals surface area contributed by atoms with E-state index in [1.807, 2.05) is 141 Å². The van der Waals surface area contributed by atoms with Crippen LogP contribution in [-0.4, -0.2) is 19.6 Å². The summed E-state index contributed by atoms with van der Waals surface area (Å²) in [7, 11) is 0. The molecule has 1 N–H and O–H groups in total. The van der Waals surface area contributed by atoms with Crippen molar-refractivity contribution in [2.75, 3.05) is 0 Å². The van der Waals surface area contributed by atoms with Crippen LogP contribution < -0.4 is 0 Å². The number of aromatic hydroxyl groups is 1. The fourth-order valence-corrected chi connectivity index (χ4v) is 8.88. The van der Waals surface area contributed by atoms with Crippen LogP contribution in [-0.2, 0) is 0 Å². The Morgan fingerprint density at radius 3 is 1.80 bits per heavy atom. The van der Waals surface area contributed by atoms with E-state index in [9.17, 15) is 5.11 Å². The van der Waals surface area contributed by atoms with Gasteiger partial charge in [-0.05, 0) is 146 Å². The summed E-state index contributed by atoms with van der Waals surface area (Å²) in [5.74, 6) is -3.83. The van der Waals surface area contributed by atoms with Crippen molar-refractivity contribution in [3.05, 3.63) is 192 Å². The number of nitrogens with zero attached hydrogens (tertiary/aromatic N) is 3. The molecule has 7 aromatic carbocycles. The molecule has 0 spiro atoms. The smallest absolute Gasteiger partial charge is 0.149 e. The maximum absolute atomic E-state index is 12.3. The van der Waals surface area contributed by atoms with Crippen LogP contribution in [0.4, 0.5) is 0 Å². The SMILES string of the molecule is [2H]C([2H])([2H])c1ccc(-c2ccnc(-c3cc(-c4ccccc4)cc(-c4cccc5c4nc(-c4cc(C([2H])(C)C)cc(C([2H])(C)C)c4O)n5-c4ccc(-c5c(C([2H])(C)C)cccc5C([2H])(C)C)cc4)c3)c2)cc1. The van der Waals surface area contributed by atoms with Crippen molar-refractivity contribution < 1.29 is 14.7 Å². The van der Waals surface area contributed by atoms with Gasteiger partial charge in [-0.25, -0.2) is 4.98 Å². The highest BCUT2D eigenvalue weighted by Gasteiger charge is 2.24. The number of phenolic OH excluding ortho intramolecular Hbond substituents is 1. The second-order valence-electron chi connectivity index (χ2n) is 17.8. The Hall–Kier alpha value is -7.04. The number of phenols is 1. The molecule has 0 unspecified atom stereocenters. The molecule has 0 saturated heterocycles. The molecule has 0 aliphatic heterocycles. The first-order valence-electron chi connectivity index (χ1n) is 25.7. The van der Waals surface area contributed by atoms with Gasteiger partial charge in [-0.1, -0.05) is 164 Å². The van der Waals surface area contributed by atoms with Gasteiger partial charge in [0.15, 0.2) is 0 Å². The number of hydrogen-bond donors (Lipinski definition) is 1. The van der Waals surface area contributed by atoms with Crippen LogP contribution in [0, 0.1) is 6.85 Å². The monoisotopic (exact) mass is 857 g/mol. The van der Waals surface area contributed by atoms with Gasteiger partial charge >= 0.3 is 0 Å². The molecule has 324 valence electrons. The lowest BCUT2D eigenvalue weighted by Crippen LogP contribution is -2.02. The van der Waals surface area contributed by atoms with Gasteiger partial charge in [0.1, 0.15) is 11.6 Å². The van der Waals surface area contributed by atoms with Crippen molar-refractivity contribution in [1.29, 1.82) is 0 Å². The number of fused-ring (bicyclic) bond motifs is 1. The third-order valence-corrected chi connectivity index (χ3v) is 12.3. The van der Waals surface area contributed by atoms with Gasteiger partial charge in [-0.2, -0.15) is 0 Å². The molecule has 0 saturated carbocycles. The molecule has 0 atom stereocenters. The summed E-state index contributed by atoms with van der Waals surface area (Å²) in [4.78, 5) is 10.3. The van der Waals surface area contributed by atoms with Crippen LogP contribution >= 0.6 is 0 Å². The number of imidazole rings is 1. The van der Waals surface area contributed by atoms with Crippen LogP contribution in [0.25, 0.3) is 83.9 Å². The fraction of sp³-hybridized carbons (Fsp3) is 0.213. The number of pyridine rings is 1. The summed E-state index contributed by atoms with van der Waals surface area (Å²) >= 11 is 0. The summed E-state index contributed by atoms with van der Waals surface area (Å²) in [6.07, 6.45) is 1.77. The van der Waals surface area contributed by atoms with Gasteiger partial charge in [-0.3, -0.25) is 9.55 Å². The minimum absolute atomic E-state index is 0.0842. The molecule has 0 amide bonds. The number of aromatic nitrogens is 3. The minimum atomic E-state index is -2.21. The quantitative estimate of drug-likeness (QED) is 0.141. The van der Waals surface area contributed by atoms with Crippen molar-refractivity contribution in [2.45, 2.75) is 85.8 Å². The van der Waals surface area contributed by atoms with Crippen molar-refractivity contribution in [2.24, 2.45) is 0 Å². The lowest BCUT2D eigenvalue weighted by molar-refractivity contribution is 0.466. The van der Waals surface area contributed by atoms with Crippen molar-refractivity contribution in [1.82, 2.24) is 14.5 Å². The maximum atomic E-state index is 12.3. The van der Waals surface area contributed by atoms with Gasteiger partial charge < -0.3 is 5.11 Å². The first kappa shape index (κ1) is 35.3. The molecule has 9 aromatic rings. The predicted octanol–water partition coefficient (Wildman–Crippen LogP) is 16.9. The molecule has 0 bridgehead atoms. The summed E-state index contributed by atoms with van der Waals surface area (Å²) in [5.41, 5.74) is 14.2. The Morgan fingerprint density at radius 1 is 0.508 bits per heavy atom. The molecule has 9 rings (SSSR count). The lowest BCUT2D eigenvalue weighted by atomic mass is 9.85. The zero-order valence-electron chi connectivity index (χ0n) is 45.4. The fourth-order valence-electron chi connectivity index (χ4n) is 8.88. The van der Waals surface area contributed by atoms with E-state index in [0.29, 0.717) is 28.0 Å². The zero-order chi connectivity index (χ0) is 51.7. The average Bonchev–Trinajstić information content (AvgIpc) is 3.72. The Bertz CT molecular complexity index is 3450. The average molecular weight is 857 g/mol. The minimum Gasteiger partial charge on any atom is -0.507 e. The normalized spacial score (nSPS) is 14.2. The largest absolute Gasteiger partial charge is 0.507 e. The highest BCUT2D eigenvalue weighted by Crippen LogP contribution is 2.44. The lowest BCUT2D eigenvalue weighted by Gasteiger charge is -2.21. The third-order valence-electron chi connectivity index (χ3n) is 12.3. The van der Waals surface area contributed by atoms with Crippen LogP contribution in [0.15, 0.2) is 164 Å². The van der Waals surface area contributed by atoms with Gasteiger partial charge in [0.25, 0.3) is 0 Å². The summed E-state index contributed by atoms with van der Waals surface area (Å²) in [6, 6.07) is 51.0. The van der Waals surface area contributed by atoms with Crippen LogP contribution in [0.1, 0.15) is 116 Å². The first-order valence-corrected chi connectivity index (χ1v) is 22.2. The molecule has 0 aliphatic rings. The maximum Gasteiger partial charge on any atom is 0.149 e. The number of rotatable bonds is 11. The zero-order valence-corrected chi connectivity index (χ0v) is 38.4. The standard InChI is InChI=1S/C61H59N3O/c1-37(2)46-34-54(40(7)8)60(65)55(35-46)61-63-59-53(19-14-20-57(59)64(61)50-27-25-44(26-28-50)58-51(38(3)4)17-13-18-52(58)39(5)6)48-31-47(42-15-11-10-12-16-42)32-49(33-48)56-36-45(29-30-62-56)43-23-21-41(9)22-24-43/h10-40,65H,1-9H3/i9D3,37D,38D,39D,40D. The second kappa shape index (κ2) is 17.9. The van der Waals surface area contributed by atoms with E-state index in [0.717, 1.165) is 78.1 Å². The Balaban J connectivity index is 1.29. The molecular formula is C61H59N3O. The van der Waals surface area contributed by atoms with E-state index in [1.165, 1.54) is 0 Å². The summed E-state index contributed by atoms with van der Waals surface area (Å²) in [5, 5.41) is 12.3. The van der Waals surface area contributed by atoms with E-state index >= 15 is 0 Å². The van der Waals surface area contributed by atoms with E-state index in [1.54, 1.807) is 52.1 Å². The molecule has 0 fully saturated rings. The summed E-state index contributed by atoms with van der Waals surface area (Å²) in [6.45, 7) is 12.3. The Labute approximate surface area is 395 Å². The highest BCUT2D eigenvalue weighted by atomic mass is 16.3. The topological polar surface area (TPSA) is 50.9 Å². The van der Waals surface area contributed by atoms with Gasteiger partial charge in [-0.15, -0.1) is 0 Å². The molecule has 4 heteroatoms. The van der Waals surface area contributed by atoms with Gasteiger partial charge in [0.2, 0.25) is 0 Å². The number of benzene rings is 7. The van der Waals surface area contributed by atoms with E-state index < -0.39 is 30.4 Å². The Morgan fingerprint density at radius 2 is 1.14 bits per heavy atom. The number of para-hydroxylation sites is 1. The van der Waals surface area contributed by atoms with Crippen molar-refractivity contribution in [3.8, 4) is 78.6 Å². The van der Waals surface area contributed by atoms with Crippen LogP contribution in [0.5, 0.6) is 5.75 Å². The van der Waals surface area contributed by atoms with Crippen molar-refractivity contribution in [3.63, 3.8) is 0 Å². The highest BCUT2D eigenvalue weighted by molar-refractivity contribution is 5.98. The van der Waals surface area contributed by atoms with E-state index in [2.05, 4.69) is 30.3 Å². The summed E-state index contributed by atoms with van der Waals surface area (Å²) < 4.78 is 62.2. The molecule has 0 radical (unpaired) electrons. The van der Waals surface area contributed by atoms with Gasteiger partial charge in [0, 0.05) is 32.6 Å². The second-order valence-corrected chi connectivity index (χ2v) is 17.8. The molecule has 65 heavy (non-hydrogen) atoms. The van der Waals surface area contributed by atoms with Crippen LogP contribution in [0.2, 0.25) is 0 Å². The molecule has 2 aromatic heterocycles. The molecule has 0 aliphatic carbocycles. The third kappa shape index (κ3) is 8.42. The molecule has 2 heterocycles. The molecular weight excluding hydrogens is 791 g/mol. The first-order chi connectivity index (χ1) is 33.8. The Kier molecular flexibility index (Phi) is 9.70. The molecule has 4 nitrogen and oxygen atoms in total. The number of aryl methyl sites for hydroxylation is 1. The van der Waals surface area contributed by atoms with E-state index in [4.69, 9.17) is 19.6 Å². The van der Waals surface area contributed by atoms with Crippen molar-refractivity contribution >= 4 is 11.0 Å². The predicted molar refractivity (Wildman–Crippen MR) is 274 cm³/mol. The van der Waals surface area contributed by atoms with Gasteiger partial charge in [0.05, 0.1) is 22.3 Å². The number of hydrogen-bond acceptors (Lipinski definition) is 3. The van der Waals surface area contributed by atoms with E-state index in [-0.39, 0.29) is 11.3 Å². The van der Waals surface area contributed by atoms with Crippen LogP contribution in [0.3, 0.4) is 0 Å².